The van der Waals surface area contributed by atoms with Gasteiger partial charge in [0, 0.05) is 32.2 Å². The summed E-state index contributed by atoms with van der Waals surface area (Å²) in [7, 11) is 0. The Labute approximate surface area is 168 Å². The lowest BCUT2D eigenvalue weighted by Crippen LogP contribution is -2.10. The summed E-state index contributed by atoms with van der Waals surface area (Å²) in [5.74, 6) is -0.612. The summed E-state index contributed by atoms with van der Waals surface area (Å²) in [6.07, 6.45) is 0.491. The van der Waals surface area contributed by atoms with Crippen molar-refractivity contribution in [2.45, 2.75) is 6.42 Å². The predicted molar refractivity (Wildman–Crippen MR) is 104 cm³/mol. The zero-order valence-corrected chi connectivity index (χ0v) is 16.4. The van der Waals surface area contributed by atoms with Gasteiger partial charge in [0.15, 0.2) is 6.61 Å². The lowest BCUT2D eigenvalue weighted by atomic mass is 10.1. The molecule has 3 rings (SSSR count). The monoisotopic (exact) mass is 454 g/mol. The summed E-state index contributed by atoms with van der Waals surface area (Å²) in [4.78, 5) is 10.8. The van der Waals surface area contributed by atoms with Crippen LogP contribution in [0.4, 0.5) is 0 Å². The fourth-order valence-corrected chi connectivity index (χ4v) is 3.34. The van der Waals surface area contributed by atoms with Crippen LogP contribution in [0.15, 0.2) is 46.9 Å². The average molecular weight is 456 g/mol. The molecule has 134 valence electrons. The van der Waals surface area contributed by atoms with Crippen LogP contribution in [-0.2, 0) is 11.2 Å². The number of H-pyrrole nitrogens is 1. The molecule has 0 unspecified atom stereocenters. The smallest absolute Gasteiger partial charge is 0.341 e. The highest BCUT2D eigenvalue weighted by molar-refractivity contribution is 9.10. The average Bonchev–Trinajstić information content (AvgIpc) is 3.05. The number of aromatic nitrogens is 2. The summed E-state index contributed by atoms with van der Waals surface area (Å²) >= 11 is 15.8. The van der Waals surface area contributed by atoms with Crippen molar-refractivity contribution in [3.63, 3.8) is 0 Å². The number of nitrogens with zero attached hydrogens (tertiary/aromatic N) is 1. The Morgan fingerprint density at radius 2 is 1.92 bits per heavy atom. The summed E-state index contributed by atoms with van der Waals surface area (Å²) in [5, 5.41) is 17.3. The first-order valence-corrected chi connectivity index (χ1v) is 9.10. The molecule has 0 aliphatic heterocycles. The minimum atomic E-state index is -1.05. The number of ether oxygens (including phenoxy) is 1. The predicted octanol–water partition coefficient (Wildman–Crippen LogP) is 5.20. The van der Waals surface area contributed by atoms with Crippen LogP contribution >= 0.6 is 39.1 Å². The molecule has 0 saturated carbocycles. The number of aliphatic carboxylic acids is 1. The van der Waals surface area contributed by atoms with Gasteiger partial charge in [0.05, 0.1) is 5.69 Å². The van der Waals surface area contributed by atoms with Crippen LogP contribution in [0.3, 0.4) is 0 Å². The van der Waals surface area contributed by atoms with Gasteiger partial charge in [0.25, 0.3) is 0 Å². The van der Waals surface area contributed by atoms with Crippen molar-refractivity contribution in [3.8, 4) is 17.0 Å². The first kappa shape index (κ1) is 18.8. The molecule has 1 aromatic heterocycles. The number of nitrogens with one attached hydrogen (secondary N) is 1. The lowest BCUT2D eigenvalue weighted by Gasteiger charge is -2.08. The third kappa shape index (κ3) is 4.38. The van der Waals surface area contributed by atoms with E-state index in [9.17, 15) is 4.79 Å². The molecule has 0 atom stereocenters. The SMILES string of the molecule is O=C(O)COc1ccc(Br)cc1-c1cc(Cc2c(Cl)cccc2Cl)[nH]n1. The number of aromatic amines is 1. The highest BCUT2D eigenvalue weighted by Gasteiger charge is 2.14. The highest BCUT2D eigenvalue weighted by Crippen LogP contribution is 2.33. The fourth-order valence-electron chi connectivity index (χ4n) is 2.45. The van der Waals surface area contributed by atoms with Crippen molar-refractivity contribution in [2.75, 3.05) is 6.61 Å². The Balaban J connectivity index is 1.90. The fraction of sp³-hybridized carbons (Fsp3) is 0.111. The zero-order valence-electron chi connectivity index (χ0n) is 13.3. The maximum atomic E-state index is 10.8. The van der Waals surface area contributed by atoms with Crippen LogP contribution in [0.2, 0.25) is 10.0 Å². The van der Waals surface area contributed by atoms with Crippen LogP contribution in [0, 0.1) is 0 Å². The quantitative estimate of drug-likeness (QED) is 0.535. The van der Waals surface area contributed by atoms with Gasteiger partial charge in [-0.1, -0.05) is 45.2 Å². The second kappa shape index (κ2) is 8.12. The first-order valence-electron chi connectivity index (χ1n) is 7.55. The first-order chi connectivity index (χ1) is 12.4. The van der Waals surface area contributed by atoms with E-state index in [0.29, 0.717) is 33.5 Å². The molecule has 1 heterocycles. The molecule has 0 fully saturated rings. The highest BCUT2D eigenvalue weighted by atomic mass is 79.9. The Kier molecular flexibility index (Phi) is 5.86. The van der Waals surface area contributed by atoms with E-state index in [4.69, 9.17) is 33.0 Å². The van der Waals surface area contributed by atoms with Gasteiger partial charge < -0.3 is 9.84 Å². The molecule has 26 heavy (non-hydrogen) atoms. The van der Waals surface area contributed by atoms with Crippen molar-refractivity contribution in [3.05, 3.63) is 68.2 Å². The number of hydrogen-bond donors (Lipinski definition) is 2. The second-order valence-corrected chi connectivity index (χ2v) is 7.21. The van der Waals surface area contributed by atoms with E-state index in [-0.39, 0.29) is 0 Å². The lowest BCUT2D eigenvalue weighted by molar-refractivity contribution is -0.139. The molecule has 2 aromatic carbocycles. The minimum absolute atomic E-state index is 0.429. The Bertz CT molecular complexity index is 939. The normalized spacial score (nSPS) is 10.7. The van der Waals surface area contributed by atoms with Crippen LogP contribution in [0.1, 0.15) is 11.3 Å². The number of carboxylic acids is 1. The van der Waals surface area contributed by atoms with Crippen LogP contribution in [0.25, 0.3) is 11.3 Å². The molecule has 0 saturated heterocycles. The van der Waals surface area contributed by atoms with E-state index in [1.165, 1.54) is 0 Å². The van der Waals surface area contributed by atoms with Gasteiger partial charge in [0.1, 0.15) is 5.75 Å². The molecule has 3 aromatic rings. The third-order valence-electron chi connectivity index (χ3n) is 3.63. The maximum absolute atomic E-state index is 10.8. The standard InChI is InChI=1S/C18H13BrCl2N2O3/c19-10-4-5-17(26-9-18(24)25)13(6-10)16-8-11(22-23-16)7-12-14(20)2-1-3-15(12)21/h1-6,8H,7,9H2,(H,22,23)(H,24,25). The van der Waals surface area contributed by atoms with E-state index >= 15 is 0 Å². The number of halogens is 3. The third-order valence-corrected chi connectivity index (χ3v) is 4.83. The molecule has 0 radical (unpaired) electrons. The molecule has 0 aliphatic carbocycles. The van der Waals surface area contributed by atoms with Crippen molar-refractivity contribution >= 4 is 45.1 Å². The summed E-state index contributed by atoms with van der Waals surface area (Å²) < 4.78 is 6.18. The van der Waals surface area contributed by atoms with Crippen molar-refractivity contribution in [1.29, 1.82) is 0 Å². The van der Waals surface area contributed by atoms with Crippen molar-refractivity contribution in [1.82, 2.24) is 10.2 Å². The number of benzene rings is 2. The molecule has 0 bridgehead atoms. The largest absolute Gasteiger partial charge is 0.481 e. The Morgan fingerprint density at radius 1 is 1.19 bits per heavy atom. The summed E-state index contributed by atoms with van der Waals surface area (Å²) in [6.45, 7) is -0.429. The number of hydrogen-bond acceptors (Lipinski definition) is 3. The zero-order chi connectivity index (χ0) is 18.7. The molecular formula is C18H13BrCl2N2O3. The van der Waals surface area contributed by atoms with Gasteiger partial charge in [-0.2, -0.15) is 5.10 Å². The van der Waals surface area contributed by atoms with Crippen LogP contribution < -0.4 is 4.74 Å². The number of carboxylic acid groups (broad SMARTS) is 1. The van der Waals surface area contributed by atoms with Crippen LogP contribution in [-0.4, -0.2) is 27.9 Å². The Hall–Kier alpha value is -2.02. The van der Waals surface area contributed by atoms with E-state index in [2.05, 4.69) is 26.1 Å². The molecule has 0 aliphatic rings. The van der Waals surface area contributed by atoms with Crippen molar-refractivity contribution < 1.29 is 14.6 Å². The van der Waals surface area contributed by atoms with E-state index in [1.54, 1.807) is 30.3 Å². The molecule has 2 N–H and O–H groups in total. The van der Waals surface area contributed by atoms with E-state index < -0.39 is 12.6 Å². The van der Waals surface area contributed by atoms with Gasteiger partial charge in [0.2, 0.25) is 0 Å². The molecule has 8 heteroatoms. The summed E-state index contributed by atoms with van der Waals surface area (Å²) in [6, 6.07) is 12.5. The van der Waals surface area contributed by atoms with E-state index in [1.807, 2.05) is 12.1 Å². The van der Waals surface area contributed by atoms with Gasteiger partial charge in [-0.3, -0.25) is 5.10 Å². The van der Waals surface area contributed by atoms with Gasteiger partial charge >= 0.3 is 5.97 Å². The number of carbonyl (C=O) groups is 1. The molecule has 0 amide bonds. The second-order valence-electron chi connectivity index (χ2n) is 5.48. The van der Waals surface area contributed by atoms with Gasteiger partial charge in [-0.15, -0.1) is 0 Å². The van der Waals surface area contributed by atoms with Gasteiger partial charge in [-0.05, 0) is 42.0 Å². The topological polar surface area (TPSA) is 75.2 Å². The Morgan fingerprint density at radius 3 is 2.62 bits per heavy atom. The van der Waals surface area contributed by atoms with Gasteiger partial charge in [-0.25, -0.2) is 4.79 Å². The van der Waals surface area contributed by atoms with Crippen molar-refractivity contribution in [2.24, 2.45) is 0 Å². The number of rotatable bonds is 6. The maximum Gasteiger partial charge on any atom is 0.341 e. The minimum Gasteiger partial charge on any atom is -0.481 e. The molecule has 5 nitrogen and oxygen atoms in total. The molecule has 0 spiro atoms. The van der Waals surface area contributed by atoms with Crippen LogP contribution in [0.5, 0.6) is 5.75 Å². The summed E-state index contributed by atoms with van der Waals surface area (Å²) in [5.41, 5.74) is 2.93. The van der Waals surface area contributed by atoms with E-state index in [0.717, 1.165) is 15.7 Å². The molecular weight excluding hydrogens is 443 g/mol.